The first-order chi connectivity index (χ1) is 8.61. The van der Waals surface area contributed by atoms with Crippen LogP contribution in [0.25, 0.3) is 0 Å². The molecule has 18 heavy (non-hydrogen) atoms. The van der Waals surface area contributed by atoms with Gasteiger partial charge >= 0.3 is 5.97 Å². The number of carboxylic acids is 1. The largest absolute Gasteiger partial charge is 0.478 e. The van der Waals surface area contributed by atoms with Crippen molar-refractivity contribution in [2.45, 2.75) is 12.8 Å². The molecule has 6 heteroatoms. The minimum absolute atomic E-state index is 0.139. The number of anilines is 2. The lowest BCUT2D eigenvalue weighted by atomic mass is 10.1. The van der Waals surface area contributed by atoms with E-state index in [2.05, 4.69) is 4.98 Å². The molecule has 1 aliphatic heterocycles. The Bertz CT molecular complexity index is 450. The van der Waals surface area contributed by atoms with E-state index in [0.29, 0.717) is 17.4 Å². The zero-order valence-corrected chi connectivity index (χ0v) is 10.0. The molecule has 0 bridgehead atoms. The van der Waals surface area contributed by atoms with Crippen LogP contribution in [-0.4, -0.2) is 40.9 Å². The van der Waals surface area contributed by atoms with Crippen LogP contribution < -0.4 is 10.6 Å². The molecule has 1 aromatic rings. The highest BCUT2D eigenvalue weighted by Crippen LogP contribution is 2.27. The van der Waals surface area contributed by atoms with Crippen molar-refractivity contribution in [1.29, 1.82) is 0 Å². The van der Waals surface area contributed by atoms with Gasteiger partial charge in [0.15, 0.2) is 0 Å². The minimum Gasteiger partial charge on any atom is -0.478 e. The van der Waals surface area contributed by atoms with E-state index in [-0.39, 0.29) is 12.2 Å². The van der Waals surface area contributed by atoms with Crippen molar-refractivity contribution in [3.8, 4) is 0 Å². The number of hydrogen-bond acceptors (Lipinski definition) is 5. The summed E-state index contributed by atoms with van der Waals surface area (Å²) in [4.78, 5) is 17.3. The third kappa shape index (κ3) is 2.53. The molecule has 1 atom stereocenters. The highest BCUT2D eigenvalue weighted by atomic mass is 16.4. The maximum atomic E-state index is 11.2. The second kappa shape index (κ2) is 5.22. The second-order valence-electron chi connectivity index (χ2n) is 4.56. The number of rotatable bonds is 4. The van der Waals surface area contributed by atoms with Crippen molar-refractivity contribution in [2.24, 2.45) is 5.92 Å². The van der Waals surface area contributed by atoms with Gasteiger partial charge in [-0.3, -0.25) is 0 Å². The number of pyridine rings is 1. The van der Waals surface area contributed by atoms with Crippen molar-refractivity contribution >= 4 is 17.5 Å². The van der Waals surface area contributed by atoms with Crippen LogP contribution in [0.3, 0.4) is 0 Å². The molecule has 6 nitrogen and oxygen atoms in total. The number of carbonyl (C=O) groups is 1. The Kier molecular flexibility index (Phi) is 3.66. The Labute approximate surface area is 105 Å². The van der Waals surface area contributed by atoms with Gasteiger partial charge in [-0.2, -0.15) is 0 Å². The Balaban J connectivity index is 2.21. The fraction of sp³-hybridized carbons (Fsp3) is 0.500. The molecule has 4 N–H and O–H groups in total. The van der Waals surface area contributed by atoms with Gasteiger partial charge in [-0.25, -0.2) is 9.78 Å². The molecule has 0 saturated carbocycles. The van der Waals surface area contributed by atoms with E-state index in [1.54, 1.807) is 0 Å². The smallest absolute Gasteiger partial charge is 0.339 e. The minimum atomic E-state index is -1.02. The van der Waals surface area contributed by atoms with Gasteiger partial charge < -0.3 is 20.8 Å². The monoisotopic (exact) mass is 251 g/mol. The first-order valence-corrected chi connectivity index (χ1v) is 5.96. The van der Waals surface area contributed by atoms with E-state index in [4.69, 9.17) is 15.9 Å². The van der Waals surface area contributed by atoms with Gasteiger partial charge in [0.2, 0.25) is 0 Å². The zero-order valence-electron chi connectivity index (χ0n) is 10.0. The first-order valence-electron chi connectivity index (χ1n) is 5.96. The van der Waals surface area contributed by atoms with Gasteiger partial charge in [-0.05, 0) is 24.8 Å². The Hall–Kier alpha value is -1.82. The van der Waals surface area contributed by atoms with Crippen LogP contribution in [0.2, 0.25) is 0 Å². The number of aliphatic hydroxyl groups is 1. The van der Waals surface area contributed by atoms with E-state index in [1.165, 1.54) is 12.3 Å². The molecule has 1 aromatic heterocycles. The predicted octanol–water partition coefficient (Wildman–Crippen LogP) is 0.571. The van der Waals surface area contributed by atoms with Crippen LogP contribution >= 0.6 is 0 Å². The summed E-state index contributed by atoms with van der Waals surface area (Å²) in [6.07, 6.45) is 3.17. The number of nitrogen functional groups attached to an aromatic ring is 1. The lowest BCUT2D eigenvalue weighted by Crippen LogP contribution is -2.23. The summed E-state index contributed by atoms with van der Waals surface area (Å²) in [5.41, 5.74) is 6.05. The van der Waals surface area contributed by atoms with Crippen LogP contribution in [0, 0.1) is 5.92 Å². The summed E-state index contributed by atoms with van der Waals surface area (Å²) in [7, 11) is 0. The normalized spacial score (nSPS) is 19.2. The molecule has 2 heterocycles. The number of nitrogens with two attached hydrogens (primary N) is 1. The molecular formula is C12H17N3O3. The van der Waals surface area contributed by atoms with Crippen molar-refractivity contribution in [3.63, 3.8) is 0 Å². The number of aliphatic hydroxyl groups excluding tert-OH is 1. The molecule has 1 aliphatic rings. The number of aromatic nitrogens is 1. The first kappa shape index (κ1) is 12.6. The lowest BCUT2D eigenvalue weighted by Gasteiger charge is -2.19. The number of aromatic carboxylic acids is 1. The van der Waals surface area contributed by atoms with Gasteiger partial charge in [-0.1, -0.05) is 0 Å². The summed E-state index contributed by atoms with van der Waals surface area (Å²) >= 11 is 0. The van der Waals surface area contributed by atoms with E-state index in [9.17, 15) is 4.79 Å². The molecule has 1 fully saturated rings. The van der Waals surface area contributed by atoms with Crippen LogP contribution in [0.5, 0.6) is 0 Å². The molecule has 1 unspecified atom stereocenters. The third-order valence-corrected chi connectivity index (χ3v) is 3.24. The van der Waals surface area contributed by atoms with Gasteiger partial charge in [0.25, 0.3) is 0 Å². The summed E-state index contributed by atoms with van der Waals surface area (Å²) in [5.74, 6) is -0.149. The standard InChI is InChI=1S/C12H17N3O3/c13-9-5-10(12(17)18)11(14-6-9)15-3-1-8(7-15)2-4-16/h5-6,8,16H,1-4,7,13H2,(H,17,18). The molecule has 0 radical (unpaired) electrons. The van der Waals surface area contributed by atoms with Crippen molar-refractivity contribution in [3.05, 3.63) is 17.8 Å². The van der Waals surface area contributed by atoms with Gasteiger partial charge in [0, 0.05) is 19.7 Å². The van der Waals surface area contributed by atoms with Crippen molar-refractivity contribution in [1.82, 2.24) is 4.98 Å². The Morgan fingerprint density at radius 2 is 2.39 bits per heavy atom. The van der Waals surface area contributed by atoms with Crippen LogP contribution in [0.15, 0.2) is 12.3 Å². The number of carboxylic acid groups (broad SMARTS) is 1. The lowest BCUT2D eigenvalue weighted by molar-refractivity contribution is 0.0697. The van der Waals surface area contributed by atoms with Crippen LogP contribution in [0.4, 0.5) is 11.5 Å². The van der Waals surface area contributed by atoms with E-state index < -0.39 is 5.97 Å². The maximum absolute atomic E-state index is 11.2. The SMILES string of the molecule is Nc1cnc(N2CCC(CCO)C2)c(C(=O)O)c1. The zero-order chi connectivity index (χ0) is 13.1. The number of hydrogen-bond donors (Lipinski definition) is 3. The summed E-state index contributed by atoms with van der Waals surface area (Å²) in [5, 5.41) is 18.1. The molecular weight excluding hydrogens is 234 g/mol. The topological polar surface area (TPSA) is 99.7 Å². The maximum Gasteiger partial charge on any atom is 0.339 e. The average molecular weight is 251 g/mol. The molecule has 0 aliphatic carbocycles. The Morgan fingerprint density at radius 1 is 1.61 bits per heavy atom. The third-order valence-electron chi connectivity index (χ3n) is 3.24. The highest BCUT2D eigenvalue weighted by Gasteiger charge is 2.26. The molecule has 0 spiro atoms. The van der Waals surface area contributed by atoms with Crippen LogP contribution in [-0.2, 0) is 0 Å². The highest BCUT2D eigenvalue weighted by molar-refractivity contribution is 5.94. The summed E-state index contributed by atoms with van der Waals surface area (Å²) in [6, 6.07) is 1.43. The molecule has 0 aromatic carbocycles. The fourth-order valence-corrected chi connectivity index (χ4v) is 2.33. The predicted molar refractivity (Wildman–Crippen MR) is 67.6 cm³/mol. The van der Waals surface area contributed by atoms with Crippen LogP contribution in [0.1, 0.15) is 23.2 Å². The van der Waals surface area contributed by atoms with E-state index in [0.717, 1.165) is 25.9 Å². The van der Waals surface area contributed by atoms with Crippen molar-refractivity contribution < 1.29 is 15.0 Å². The van der Waals surface area contributed by atoms with Gasteiger partial charge in [-0.15, -0.1) is 0 Å². The molecule has 0 amide bonds. The van der Waals surface area contributed by atoms with E-state index >= 15 is 0 Å². The summed E-state index contributed by atoms with van der Waals surface area (Å²) in [6.45, 7) is 1.67. The molecule has 2 rings (SSSR count). The molecule has 1 saturated heterocycles. The fourth-order valence-electron chi connectivity index (χ4n) is 2.33. The van der Waals surface area contributed by atoms with Gasteiger partial charge in [0.1, 0.15) is 11.4 Å². The quantitative estimate of drug-likeness (QED) is 0.723. The number of nitrogens with zero attached hydrogens (tertiary/aromatic N) is 2. The Morgan fingerprint density at radius 3 is 3.06 bits per heavy atom. The van der Waals surface area contributed by atoms with Crippen molar-refractivity contribution in [2.75, 3.05) is 30.3 Å². The van der Waals surface area contributed by atoms with E-state index in [1.807, 2.05) is 4.90 Å². The summed E-state index contributed by atoms with van der Waals surface area (Å²) < 4.78 is 0. The average Bonchev–Trinajstić information content (AvgIpc) is 2.78. The second-order valence-corrected chi connectivity index (χ2v) is 4.56. The van der Waals surface area contributed by atoms with Gasteiger partial charge in [0.05, 0.1) is 11.9 Å². The molecule has 98 valence electrons.